The number of rotatable bonds is 4. The number of nitrogens with zero attached hydrogens (tertiary/aromatic N) is 5. The highest BCUT2D eigenvalue weighted by molar-refractivity contribution is 7.16. The minimum Gasteiger partial charge on any atom is -0.352 e. The van der Waals surface area contributed by atoms with Crippen molar-refractivity contribution in [2.24, 2.45) is 0 Å². The molecule has 3 aromatic heterocycles. The SMILES string of the molecule is Fc1cnc(Nc2nc3c(s2)CCN(Cc2ccc(C(F)(F)F)cc2)c2[nH]ncc2-3)nc1. The number of aromatic amines is 1. The van der Waals surface area contributed by atoms with Gasteiger partial charge in [-0.3, -0.25) is 5.10 Å². The molecule has 0 saturated carbocycles. The summed E-state index contributed by atoms with van der Waals surface area (Å²) in [5, 5.41) is 10.7. The lowest BCUT2D eigenvalue weighted by Crippen LogP contribution is -2.25. The van der Waals surface area contributed by atoms with E-state index in [0.29, 0.717) is 24.6 Å². The molecule has 1 aliphatic heterocycles. The molecule has 0 saturated heterocycles. The highest BCUT2D eigenvalue weighted by Gasteiger charge is 2.30. The van der Waals surface area contributed by atoms with Gasteiger partial charge in [0.2, 0.25) is 5.95 Å². The summed E-state index contributed by atoms with van der Waals surface area (Å²) in [6, 6.07) is 5.16. The van der Waals surface area contributed by atoms with Gasteiger partial charge in [0.05, 0.1) is 35.4 Å². The average molecular weight is 461 g/mol. The number of anilines is 3. The van der Waals surface area contributed by atoms with E-state index in [0.717, 1.165) is 52.0 Å². The van der Waals surface area contributed by atoms with Gasteiger partial charge in [-0.2, -0.15) is 18.3 Å². The lowest BCUT2D eigenvalue weighted by Gasteiger charge is -2.22. The monoisotopic (exact) mass is 461 g/mol. The third-order valence-electron chi connectivity index (χ3n) is 4.99. The summed E-state index contributed by atoms with van der Waals surface area (Å²) < 4.78 is 51.5. The second-order valence-electron chi connectivity index (χ2n) is 7.14. The molecular formula is C20H15F4N7S. The Morgan fingerprint density at radius 2 is 1.84 bits per heavy atom. The molecule has 0 amide bonds. The number of thiazole rings is 1. The Balaban J connectivity index is 1.38. The van der Waals surface area contributed by atoms with Crippen LogP contribution < -0.4 is 10.2 Å². The van der Waals surface area contributed by atoms with Crippen LogP contribution in [0, 0.1) is 5.82 Å². The zero-order chi connectivity index (χ0) is 22.3. The predicted molar refractivity (Wildman–Crippen MR) is 111 cm³/mol. The van der Waals surface area contributed by atoms with Gasteiger partial charge >= 0.3 is 6.18 Å². The van der Waals surface area contributed by atoms with E-state index in [1.54, 1.807) is 6.20 Å². The minimum atomic E-state index is -4.36. The first-order valence-electron chi connectivity index (χ1n) is 9.56. The Labute approximate surface area is 183 Å². The van der Waals surface area contributed by atoms with Crippen LogP contribution in [0.4, 0.5) is 34.5 Å². The third-order valence-corrected chi connectivity index (χ3v) is 6.02. The maximum atomic E-state index is 13.0. The van der Waals surface area contributed by atoms with Crippen molar-refractivity contribution in [2.45, 2.75) is 19.1 Å². The zero-order valence-electron chi connectivity index (χ0n) is 16.3. The summed E-state index contributed by atoms with van der Waals surface area (Å²) in [6.45, 7) is 1.05. The van der Waals surface area contributed by atoms with Crippen LogP contribution in [0.5, 0.6) is 0 Å². The summed E-state index contributed by atoms with van der Waals surface area (Å²) in [5.41, 5.74) is 1.65. The van der Waals surface area contributed by atoms with Crippen LogP contribution in [0.1, 0.15) is 16.0 Å². The van der Waals surface area contributed by atoms with Crippen molar-refractivity contribution in [3.8, 4) is 11.3 Å². The topological polar surface area (TPSA) is 82.6 Å². The van der Waals surface area contributed by atoms with E-state index in [2.05, 4.69) is 30.5 Å². The maximum absolute atomic E-state index is 13.0. The standard InChI is InChI=1S/C20H15F4N7S/c21-13-7-25-18(26-8-13)29-19-28-16-14-9-27-30-17(14)31(6-5-15(16)32-19)10-11-1-3-12(4-2-11)20(22,23)24/h1-4,7-9H,5-6,10H2,(H,27,30)(H,25,26,28,29). The lowest BCUT2D eigenvalue weighted by molar-refractivity contribution is -0.137. The van der Waals surface area contributed by atoms with E-state index in [9.17, 15) is 17.6 Å². The van der Waals surface area contributed by atoms with E-state index in [1.807, 2.05) is 4.90 Å². The lowest BCUT2D eigenvalue weighted by atomic mass is 10.1. The number of fused-ring (bicyclic) bond motifs is 3. The van der Waals surface area contributed by atoms with Crippen LogP contribution in [-0.4, -0.2) is 31.7 Å². The first kappa shape index (κ1) is 20.4. The van der Waals surface area contributed by atoms with Crippen molar-refractivity contribution in [1.29, 1.82) is 0 Å². The average Bonchev–Trinajstić information content (AvgIpc) is 3.37. The molecular weight excluding hydrogens is 446 g/mol. The molecule has 5 rings (SSSR count). The van der Waals surface area contributed by atoms with Crippen LogP contribution in [-0.2, 0) is 19.1 Å². The molecule has 164 valence electrons. The fraction of sp³-hybridized carbons (Fsp3) is 0.200. The van der Waals surface area contributed by atoms with Gasteiger partial charge in [0, 0.05) is 24.4 Å². The number of nitrogens with one attached hydrogen (secondary N) is 2. The van der Waals surface area contributed by atoms with Gasteiger partial charge < -0.3 is 10.2 Å². The van der Waals surface area contributed by atoms with Crippen molar-refractivity contribution < 1.29 is 17.6 Å². The Morgan fingerprint density at radius 3 is 2.56 bits per heavy atom. The molecule has 32 heavy (non-hydrogen) atoms. The molecule has 0 fully saturated rings. The quantitative estimate of drug-likeness (QED) is 0.426. The zero-order valence-corrected chi connectivity index (χ0v) is 17.1. The first-order chi connectivity index (χ1) is 15.4. The fourth-order valence-electron chi connectivity index (χ4n) is 3.48. The number of H-pyrrole nitrogens is 1. The Morgan fingerprint density at radius 1 is 1.09 bits per heavy atom. The van der Waals surface area contributed by atoms with Crippen molar-refractivity contribution in [2.75, 3.05) is 16.8 Å². The van der Waals surface area contributed by atoms with Crippen LogP contribution in [0.15, 0.2) is 42.9 Å². The van der Waals surface area contributed by atoms with E-state index in [4.69, 9.17) is 0 Å². The molecule has 1 aliphatic rings. The van der Waals surface area contributed by atoms with Crippen LogP contribution in [0.3, 0.4) is 0 Å². The highest BCUT2D eigenvalue weighted by Crippen LogP contribution is 2.39. The van der Waals surface area contributed by atoms with Gasteiger partial charge in [-0.25, -0.2) is 19.3 Å². The molecule has 4 aromatic rings. The maximum Gasteiger partial charge on any atom is 0.416 e. The van der Waals surface area contributed by atoms with Crippen LogP contribution in [0.25, 0.3) is 11.3 Å². The van der Waals surface area contributed by atoms with Crippen molar-refractivity contribution in [1.82, 2.24) is 25.1 Å². The Kier molecular flexibility index (Phi) is 5.00. The van der Waals surface area contributed by atoms with Crippen molar-refractivity contribution >= 4 is 28.2 Å². The minimum absolute atomic E-state index is 0.242. The summed E-state index contributed by atoms with van der Waals surface area (Å²) in [5.74, 6) is 0.465. The highest BCUT2D eigenvalue weighted by atomic mass is 32.1. The fourth-order valence-corrected chi connectivity index (χ4v) is 4.44. The van der Waals surface area contributed by atoms with Gasteiger partial charge in [-0.15, -0.1) is 11.3 Å². The number of hydrogen-bond donors (Lipinski definition) is 2. The largest absolute Gasteiger partial charge is 0.416 e. The number of halogens is 4. The van der Waals surface area contributed by atoms with Gasteiger partial charge in [0.15, 0.2) is 10.9 Å². The Bertz CT molecular complexity index is 1230. The number of hydrogen-bond acceptors (Lipinski definition) is 7. The molecule has 0 aliphatic carbocycles. The van der Waals surface area contributed by atoms with Crippen LogP contribution >= 0.6 is 11.3 Å². The van der Waals surface area contributed by atoms with Crippen LogP contribution in [0.2, 0.25) is 0 Å². The number of aromatic nitrogens is 5. The van der Waals surface area contributed by atoms with Gasteiger partial charge in [0.1, 0.15) is 5.82 Å². The summed E-state index contributed by atoms with van der Waals surface area (Å²) >= 11 is 1.44. The molecule has 0 spiro atoms. The number of benzene rings is 1. The molecule has 0 unspecified atom stereocenters. The smallest absolute Gasteiger partial charge is 0.352 e. The Hall–Kier alpha value is -3.54. The third kappa shape index (κ3) is 4.00. The molecule has 0 atom stereocenters. The normalized spacial score (nSPS) is 13.4. The molecule has 1 aromatic carbocycles. The van der Waals surface area contributed by atoms with Crippen molar-refractivity contribution in [3.63, 3.8) is 0 Å². The predicted octanol–water partition coefficient (Wildman–Crippen LogP) is 4.79. The van der Waals surface area contributed by atoms with Gasteiger partial charge in [0.25, 0.3) is 0 Å². The molecule has 0 radical (unpaired) electrons. The second-order valence-corrected chi connectivity index (χ2v) is 8.22. The van der Waals surface area contributed by atoms with E-state index >= 15 is 0 Å². The molecule has 12 heteroatoms. The molecule has 2 N–H and O–H groups in total. The van der Waals surface area contributed by atoms with E-state index in [-0.39, 0.29) is 5.95 Å². The second kappa shape index (κ2) is 7.86. The van der Waals surface area contributed by atoms with Gasteiger partial charge in [-0.05, 0) is 17.7 Å². The van der Waals surface area contributed by atoms with Gasteiger partial charge in [-0.1, -0.05) is 12.1 Å². The number of alkyl halides is 3. The van der Waals surface area contributed by atoms with Crippen molar-refractivity contribution in [3.05, 3.63) is 64.7 Å². The molecule has 7 nitrogen and oxygen atoms in total. The summed E-state index contributed by atoms with van der Waals surface area (Å²) in [7, 11) is 0. The molecule has 4 heterocycles. The summed E-state index contributed by atoms with van der Waals surface area (Å²) in [4.78, 5) is 15.5. The van der Waals surface area contributed by atoms with E-state index in [1.165, 1.54) is 23.5 Å². The first-order valence-corrected chi connectivity index (χ1v) is 10.4. The van der Waals surface area contributed by atoms with E-state index < -0.39 is 17.6 Å². The summed E-state index contributed by atoms with van der Waals surface area (Å²) in [6.07, 6.45) is 0.143. The molecule has 0 bridgehead atoms.